The zero-order valence-corrected chi connectivity index (χ0v) is 15.4. The molecule has 6 heteroatoms. The van der Waals surface area contributed by atoms with Crippen LogP contribution in [0.4, 0.5) is 0 Å². The Kier molecular flexibility index (Phi) is 3.38. The second-order valence-corrected chi connectivity index (χ2v) is 6.51. The molecule has 134 valence electrons. The van der Waals surface area contributed by atoms with Crippen LogP contribution in [0.5, 0.6) is 0 Å². The van der Waals surface area contributed by atoms with Gasteiger partial charge in [0.1, 0.15) is 5.82 Å². The molecule has 5 nitrogen and oxygen atoms in total. The molecular formula is C21H17ClN4O. The van der Waals surface area contributed by atoms with Gasteiger partial charge in [0.25, 0.3) is 0 Å². The Labute approximate surface area is 167 Å². The standard InChI is InChI=1S/C21H17ClN4O/c1-13-23-12-20(26(13)2)19-8-14-7-16(24-10-15(14)11-25-19)9-21(27)17-5-3-4-6-18(17)22/h3-8,10-12H,9H2,1-2H3/i3D,4D,5D,6D. The molecule has 0 unspecified atom stereocenters. The van der Waals surface area contributed by atoms with Gasteiger partial charge in [-0.3, -0.25) is 14.8 Å². The molecule has 4 rings (SSSR count). The van der Waals surface area contributed by atoms with Crippen LogP contribution in [0.15, 0.2) is 54.9 Å². The first kappa shape index (κ1) is 13.2. The van der Waals surface area contributed by atoms with Gasteiger partial charge in [-0.2, -0.15) is 0 Å². The summed E-state index contributed by atoms with van der Waals surface area (Å²) in [7, 11) is 1.91. The first-order valence-electron chi connectivity index (χ1n) is 10.2. The SMILES string of the molecule is [2H]c1c([2H])c([2H])c(C(=O)Cc2cc3cc(-c4cnc(C)n4C)ncc3cn2)c(Cl)c1[2H]. The average molecular weight is 381 g/mol. The number of carbonyl (C=O) groups excluding carboxylic acids is 1. The molecule has 0 atom stereocenters. The van der Waals surface area contributed by atoms with Crippen molar-refractivity contribution in [1.29, 1.82) is 0 Å². The fourth-order valence-electron chi connectivity index (χ4n) is 2.80. The molecule has 0 saturated carbocycles. The molecule has 0 radical (unpaired) electrons. The average Bonchev–Trinajstić information content (AvgIpc) is 3.09. The van der Waals surface area contributed by atoms with Crippen LogP contribution in [0.2, 0.25) is 5.02 Å². The van der Waals surface area contributed by atoms with Gasteiger partial charge in [0.2, 0.25) is 0 Å². The van der Waals surface area contributed by atoms with E-state index in [4.69, 9.17) is 17.1 Å². The summed E-state index contributed by atoms with van der Waals surface area (Å²) >= 11 is 6.07. The normalized spacial score (nSPS) is 13.1. The number of hydrogen-bond acceptors (Lipinski definition) is 4. The van der Waals surface area contributed by atoms with Crippen LogP contribution in [0, 0.1) is 6.92 Å². The van der Waals surface area contributed by atoms with Gasteiger partial charge in [-0.05, 0) is 36.5 Å². The van der Waals surface area contributed by atoms with Gasteiger partial charge in [0.05, 0.1) is 34.5 Å². The van der Waals surface area contributed by atoms with Crippen molar-refractivity contribution in [3.8, 4) is 11.4 Å². The largest absolute Gasteiger partial charge is 0.330 e. The summed E-state index contributed by atoms with van der Waals surface area (Å²) in [6.07, 6.45) is 4.92. The highest BCUT2D eigenvalue weighted by Crippen LogP contribution is 2.23. The quantitative estimate of drug-likeness (QED) is 0.492. The lowest BCUT2D eigenvalue weighted by molar-refractivity contribution is 0.0992. The van der Waals surface area contributed by atoms with Crippen molar-refractivity contribution < 1.29 is 10.3 Å². The number of aromatic nitrogens is 4. The van der Waals surface area contributed by atoms with Crippen molar-refractivity contribution in [2.75, 3.05) is 0 Å². The van der Waals surface area contributed by atoms with Gasteiger partial charge in [-0.1, -0.05) is 23.7 Å². The molecule has 0 aliphatic rings. The number of pyridine rings is 2. The second kappa shape index (κ2) is 6.93. The van der Waals surface area contributed by atoms with Gasteiger partial charge in [0.15, 0.2) is 5.78 Å². The zero-order chi connectivity index (χ0) is 22.4. The minimum atomic E-state index is -0.527. The van der Waals surface area contributed by atoms with E-state index in [1.165, 1.54) is 0 Å². The molecule has 3 heterocycles. The Morgan fingerprint density at radius 3 is 2.67 bits per heavy atom. The van der Waals surface area contributed by atoms with Crippen molar-refractivity contribution in [2.45, 2.75) is 13.3 Å². The van der Waals surface area contributed by atoms with E-state index in [2.05, 4.69) is 15.0 Å². The smallest absolute Gasteiger partial charge is 0.170 e. The second-order valence-electron chi connectivity index (χ2n) is 6.13. The van der Waals surface area contributed by atoms with E-state index in [0.717, 1.165) is 28.0 Å². The Balaban J connectivity index is 1.71. The van der Waals surface area contributed by atoms with Crippen molar-refractivity contribution in [1.82, 2.24) is 19.5 Å². The number of carbonyl (C=O) groups is 1. The van der Waals surface area contributed by atoms with Crippen LogP contribution in [0.1, 0.15) is 27.4 Å². The van der Waals surface area contributed by atoms with Gasteiger partial charge >= 0.3 is 0 Å². The summed E-state index contributed by atoms with van der Waals surface area (Å²) in [5, 5.41) is 1.36. The maximum atomic E-state index is 12.8. The lowest BCUT2D eigenvalue weighted by atomic mass is 10.0. The fraction of sp³-hybridized carbons (Fsp3) is 0.143. The molecule has 3 aromatic heterocycles. The molecule has 0 aliphatic heterocycles. The summed E-state index contributed by atoms with van der Waals surface area (Å²) < 4.78 is 33.2. The topological polar surface area (TPSA) is 60.7 Å². The maximum absolute atomic E-state index is 12.8. The molecule has 0 saturated heterocycles. The van der Waals surface area contributed by atoms with Gasteiger partial charge in [-0.15, -0.1) is 0 Å². The number of Topliss-reactive ketones (excluding diaryl/α,β-unsaturated/α-hetero) is 1. The van der Waals surface area contributed by atoms with E-state index < -0.39 is 30.0 Å². The minimum Gasteiger partial charge on any atom is -0.330 e. The highest BCUT2D eigenvalue weighted by Gasteiger charge is 2.13. The number of ketones is 1. The van der Waals surface area contributed by atoms with Crippen LogP contribution in [0.25, 0.3) is 22.2 Å². The summed E-state index contributed by atoms with van der Waals surface area (Å²) in [6.45, 7) is 1.90. The van der Waals surface area contributed by atoms with Crippen LogP contribution >= 0.6 is 11.6 Å². The van der Waals surface area contributed by atoms with Crippen molar-refractivity contribution in [3.63, 3.8) is 0 Å². The van der Waals surface area contributed by atoms with Crippen LogP contribution < -0.4 is 0 Å². The molecule has 0 spiro atoms. The Bertz CT molecular complexity index is 1340. The lowest BCUT2D eigenvalue weighted by Gasteiger charge is -2.07. The van der Waals surface area contributed by atoms with E-state index in [1.54, 1.807) is 24.7 Å². The number of fused-ring (bicyclic) bond motifs is 1. The molecule has 0 N–H and O–H groups in total. The summed E-state index contributed by atoms with van der Waals surface area (Å²) in [4.78, 5) is 25.9. The molecule has 4 aromatic rings. The van der Waals surface area contributed by atoms with Gasteiger partial charge in [0, 0.05) is 36.1 Å². The molecule has 27 heavy (non-hydrogen) atoms. The van der Waals surface area contributed by atoms with E-state index >= 15 is 0 Å². The number of rotatable bonds is 4. The van der Waals surface area contributed by atoms with Gasteiger partial charge < -0.3 is 4.57 Å². The summed E-state index contributed by atoms with van der Waals surface area (Å²) in [6, 6.07) is 1.81. The Morgan fingerprint density at radius 2 is 1.89 bits per heavy atom. The molecule has 0 aliphatic carbocycles. The van der Waals surface area contributed by atoms with E-state index in [9.17, 15) is 4.79 Å². The van der Waals surface area contributed by atoms with Crippen molar-refractivity contribution >= 4 is 28.2 Å². The molecule has 1 aromatic carbocycles. The zero-order valence-electron chi connectivity index (χ0n) is 18.7. The highest BCUT2D eigenvalue weighted by molar-refractivity contribution is 6.34. The predicted octanol–water partition coefficient (Wildman–Crippen LogP) is 4.42. The first-order valence-corrected chi connectivity index (χ1v) is 8.59. The van der Waals surface area contributed by atoms with Crippen LogP contribution in [0.3, 0.4) is 0 Å². The number of halogens is 1. The van der Waals surface area contributed by atoms with E-state index in [1.807, 2.05) is 24.6 Å². The fourth-order valence-corrected chi connectivity index (χ4v) is 3.00. The van der Waals surface area contributed by atoms with Gasteiger partial charge in [-0.25, -0.2) is 4.98 Å². The third kappa shape index (κ3) is 3.34. The number of imidazole rings is 1. The third-order valence-electron chi connectivity index (χ3n) is 4.40. The summed E-state index contributed by atoms with van der Waals surface area (Å²) in [5.41, 5.74) is 1.83. The highest BCUT2D eigenvalue weighted by atomic mass is 35.5. The monoisotopic (exact) mass is 380 g/mol. The van der Waals surface area contributed by atoms with E-state index in [0.29, 0.717) is 5.69 Å². The summed E-state index contributed by atoms with van der Waals surface area (Å²) in [5.74, 6) is 0.336. The minimum absolute atomic E-state index is 0.153. The molecule has 0 amide bonds. The van der Waals surface area contributed by atoms with Crippen LogP contribution in [-0.4, -0.2) is 25.3 Å². The molecule has 0 bridgehead atoms. The van der Waals surface area contributed by atoms with Crippen LogP contribution in [-0.2, 0) is 13.5 Å². The number of aryl methyl sites for hydroxylation is 1. The lowest BCUT2D eigenvalue weighted by Crippen LogP contribution is -2.05. The van der Waals surface area contributed by atoms with Crippen molar-refractivity contribution in [3.05, 3.63) is 77.0 Å². The predicted molar refractivity (Wildman–Crippen MR) is 106 cm³/mol. The Morgan fingerprint density at radius 1 is 1.11 bits per heavy atom. The van der Waals surface area contributed by atoms with E-state index in [-0.39, 0.29) is 17.0 Å². The number of hydrogen-bond donors (Lipinski definition) is 0. The maximum Gasteiger partial charge on any atom is 0.170 e. The molecular weight excluding hydrogens is 360 g/mol. The molecule has 0 fully saturated rings. The first-order chi connectivity index (χ1) is 14.7. The van der Waals surface area contributed by atoms with Crippen molar-refractivity contribution in [2.24, 2.45) is 7.05 Å². The Hall–Kier alpha value is -3.05. The third-order valence-corrected chi connectivity index (χ3v) is 4.69. The number of nitrogens with zero attached hydrogens (tertiary/aromatic N) is 4. The number of benzene rings is 1.